The number of hydrogen-bond donors (Lipinski definition) is 1. The third-order valence-corrected chi connectivity index (χ3v) is 3.53. The highest BCUT2D eigenvalue weighted by Gasteiger charge is 2.23. The van der Waals surface area contributed by atoms with Crippen molar-refractivity contribution in [3.8, 4) is 0 Å². The summed E-state index contributed by atoms with van der Waals surface area (Å²) in [6, 6.07) is 3.96. The van der Waals surface area contributed by atoms with Gasteiger partial charge in [-0.2, -0.15) is 0 Å². The normalized spacial score (nSPS) is 10.5. The summed E-state index contributed by atoms with van der Waals surface area (Å²) in [5.41, 5.74) is -0.0507. The van der Waals surface area contributed by atoms with Crippen LogP contribution in [0.1, 0.15) is 24.2 Å². The van der Waals surface area contributed by atoms with Crippen molar-refractivity contribution in [2.45, 2.75) is 13.8 Å². The Hall–Kier alpha value is -1.71. The smallest absolute Gasteiger partial charge is 0.323 e. The maximum Gasteiger partial charge on any atom is 0.323 e. The third-order valence-electron chi connectivity index (χ3n) is 2.59. The number of non-ortho nitro benzene ring substituents is 1. The standard InChI is InChI=1S/C13H15IN2O5/c1-8(2)6-15(7-12(17)18)13(19)10-5-9(16(20)21)3-4-11(10)14/h3-5,8H,6-7H2,1-2H3,(H,17,18). The van der Waals surface area contributed by atoms with Crippen molar-refractivity contribution in [2.75, 3.05) is 13.1 Å². The predicted molar refractivity (Wildman–Crippen MR) is 84.2 cm³/mol. The van der Waals surface area contributed by atoms with E-state index >= 15 is 0 Å². The Morgan fingerprint density at radius 1 is 1.43 bits per heavy atom. The third kappa shape index (κ3) is 4.96. The van der Waals surface area contributed by atoms with Gasteiger partial charge in [-0.3, -0.25) is 19.7 Å². The number of carbonyl (C=O) groups is 2. The van der Waals surface area contributed by atoms with Crippen LogP contribution in [0.3, 0.4) is 0 Å². The number of carbonyl (C=O) groups excluding carboxylic acids is 1. The minimum atomic E-state index is -1.12. The van der Waals surface area contributed by atoms with Crippen LogP contribution in [-0.2, 0) is 4.79 Å². The lowest BCUT2D eigenvalue weighted by atomic mass is 10.1. The van der Waals surface area contributed by atoms with Gasteiger partial charge in [0.15, 0.2) is 0 Å². The Labute approximate surface area is 135 Å². The van der Waals surface area contributed by atoms with Crippen LogP contribution in [0.25, 0.3) is 0 Å². The van der Waals surface area contributed by atoms with E-state index in [0.717, 1.165) is 0 Å². The highest BCUT2D eigenvalue weighted by molar-refractivity contribution is 14.1. The van der Waals surface area contributed by atoms with Crippen LogP contribution in [0.4, 0.5) is 5.69 Å². The quantitative estimate of drug-likeness (QED) is 0.444. The van der Waals surface area contributed by atoms with Crippen LogP contribution in [0.5, 0.6) is 0 Å². The molecule has 1 aromatic carbocycles. The molecule has 0 heterocycles. The number of carboxylic acids is 1. The maximum atomic E-state index is 12.4. The molecule has 0 bridgehead atoms. The van der Waals surface area contributed by atoms with Crippen LogP contribution in [-0.4, -0.2) is 39.9 Å². The van der Waals surface area contributed by atoms with Crippen LogP contribution in [0, 0.1) is 19.6 Å². The van der Waals surface area contributed by atoms with Gasteiger partial charge in [-0.1, -0.05) is 13.8 Å². The minimum absolute atomic E-state index is 0.0876. The molecule has 114 valence electrons. The van der Waals surface area contributed by atoms with Crippen LogP contribution in [0.15, 0.2) is 18.2 Å². The number of nitrogens with zero attached hydrogens (tertiary/aromatic N) is 2. The van der Waals surface area contributed by atoms with Crippen molar-refractivity contribution in [2.24, 2.45) is 5.92 Å². The van der Waals surface area contributed by atoms with Crippen molar-refractivity contribution in [3.63, 3.8) is 0 Å². The fourth-order valence-corrected chi connectivity index (χ4v) is 2.35. The molecule has 7 nitrogen and oxygen atoms in total. The van der Waals surface area contributed by atoms with E-state index in [1.165, 1.54) is 23.1 Å². The highest BCUT2D eigenvalue weighted by Crippen LogP contribution is 2.21. The van der Waals surface area contributed by atoms with Crippen LogP contribution in [0.2, 0.25) is 0 Å². The van der Waals surface area contributed by atoms with Gasteiger partial charge in [0.25, 0.3) is 11.6 Å². The molecule has 0 fully saturated rings. The molecule has 0 unspecified atom stereocenters. The van der Waals surface area contributed by atoms with Crippen LogP contribution >= 0.6 is 22.6 Å². The molecule has 8 heteroatoms. The number of amides is 1. The van der Waals surface area contributed by atoms with Gasteiger partial charge in [0, 0.05) is 22.2 Å². The van der Waals surface area contributed by atoms with E-state index in [0.29, 0.717) is 3.57 Å². The van der Waals surface area contributed by atoms with Gasteiger partial charge in [-0.15, -0.1) is 0 Å². The van der Waals surface area contributed by atoms with E-state index in [1.807, 2.05) is 36.4 Å². The zero-order chi connectivity index (χ0) is 16.2. The molecule has 0 aromatic heterocycles. The molecule has 0 spiro atoms. The van der Waals surface area contributed by atoms with Gasteiger partial charge in [-0.05, 0) is 34.6 Å². The number of rotatable bonds is 6. The molecule has 0 atom stereocenters. The Kier molecular flexibility index (Phi) is 6.06. The fourth-order valence-electron chi connectivity index (χ4n) is 1.78. The molecular weight excluding hydrogens is 391 g/mol. The van der Waals surface area contributed by atoms with Crippen molar-refractivity contribution in [1.29, 1.82) is 0 Å². The van der Waals surface area contributed by atoms with E-state index in [9.17, 15) is 19.7 Å². The number of carboxylic acid groups (broad SMARTS) is 1. The average Bonchev–Trinajstić information content (AvgIpc) is 2.36. The number of hydrogen-bond acceptors (Lipinski definition) is 4. The zero-order valence-corrected chi connectivity index (χ0v) is 13.7. The Bertz CT molecular complexity index is 574. The SMILES string of the molecule is CC(C)CN(CC(=O)O)C(=O)c1cc([N+](=O)[O-])ccc1I. The number of nitro groups is 1. The summed E-state index contributed by atoms with van der Waals surface area (Å²) in [5.74, 6) is -1.55. The van der Waals surface area contributed by atoms with Gasteiger partial charge in [0.2, 0.25) is 0 Å². The van der Waals surface area contributed by atoms with E-state index in [2.05, 4.69) is 0 Å². The molecule has 1 N–H and O–H groups in total. The topological polar surface area (TPSA) is 101 Å². The predicted octanol–water partition coefficient (Wildman–Crippen LogP) is 2.38. The monoisotopic (exact) mass is 406 g/mol. The summed E-state index contributed by atoms with van der Waals surface area (Å²) in [6.45, 7) is 3.56. The lowest BCUT2D eigenvalue weighted by Gasteiger charge is -2.23. The number of halogens is 1. The molecule has 0 radical (unpaired) electrons. The first kappa shape index (κ1) is 17.3. The molecule has 0 aliphatic carbocycles. The second-order valence-electron chi connectivity index (χ2n) is 4.89. The van der Waals surface area contributed by atoms with Crippen molar-refractivity contribution >= 4 is 40.2 Å². The van der Waals surface area contributed by atoms with Gasteiger partial charge in [-0.25, -0.2) is 0 Å². The second kappa shape index (κ2) is 7.34. The molecule has 0 saturated carbocycles. The number of benzene rings is 1. The van der Waals surface area contributed by atoms with Gasteiger partial charge >= 0.3 is 5.97 Å². The van der Waals surface area contributed by atoms with E-state index < -0.39 is 23.3 Å². The van der Waals surface area contributed by atoms with Crippen molar-refractivity contribution < 1.29 is 19.6 Å². The van der Waals surface area contributed by atoms with Crippen molar-refractivity contribution in [3.05, 3.63) is 37.4 Å². The van der Waals surface area contributed by atoms with E-state index in [-0.39, 0.29) is 23.7 Å². The first-order valence-corrected chi connectivity index (χ1v) is 7.25. The number of nitro benzene ring substituents is 1. The van der Waals surface area contributed by atoms with Gasteiger partial charge in [0.1, 0.15) is 6.54 Å². The molecule has 1 amide bonds. The van der Waals surface area contributed by atoms with Gasteiger partial charge in [0.05, 0.1) is 10.5 Å². The lowest BCUT2D eigenvalue weighted by molar-refractivity contribution is -0.384. The Balaban J connectivity index is 3.15. The molecule has 0 saturated heterocycles. The Morgan fingerprint density at radius 3 is 2.52 bits per heavy atom. The fraction of sp³-hybridized carbons (Fsp3) is 0.385. The zero-order valence-electron chi connectivity index (χ0n) is 11.6. The molecule has 1 rings (SSSR count). The summed E-state index contributed by atoms with van der Waals surface area (Å²) < 4.78 is 0.544. The molecule has 1 aromatic rings. The molecule has 21 heavy (non-hydrogen) atoms. The van der Waals surface area contributed by atoms with E-state index in [4.69, 9.17) is 5.11 Å². The maximum absolute atomic E-state index is 12.4. The first-order chi connectivity index (χ1) is 9.72. The average molecular weight is 406 g/mol. The lowest BCUT2D eigenvalue weighted by Crippen LogP contribution is -2.38. The minimum Gasteiger partial charge on any atom is -0.480 e. The van der Waals surface area contributed by atoms with Crippen LogP contribution < -0.4 is 0 Å². The van der Waals surface area contributed by atoms with Crippen molar-refractivity contribution in [1.82, 2.24) is 4.90 Å². The largest absolute Gasteiger partial charge is 0.480 e. The van der Waals surface area contributed by atoms with E-state index in [1.54, 1.807) is 0 Å². The molecule has 0 aliphatic rings. The number of aliphatic carboxylic acids is 1. The summed E-state index contributed by atoms with van der Waals surface area (Å²) in [6.07, 6.45) is 0. The summed E-state index contributed by atoms with van der Waals surface area (Å²) in [5, 5.41) is 19.7. The molecule has 0 aliphatic heterocycles. The first-order valence-electron chi connectivity index (χ1n) is 6.17. The Morgan fingerprint density at radius 2 is 2.05 bits per heavy atom. The highest BCUT2D eigenvalue weighted by atomic mass is 127. The summed E-state index contributed by atoms with van der Waals surface area (Å²) in [4.78, 5) is 34.7. The van der Waals surface area contributed by atoms with Gasteiger partial charge < -0.3 is 10.0 Å². The summed E-state index contributed by atoms with van der Waals surface area (Å²) >= 11 is 1.90. The second-order valence-corrected chi connectivity index (χ2v) is 6.06. The summed E-state index contributed by atoms with van der Waals surface area (Å²) in [7, 11) is 0. The molecular formula is C13H15IN2O5.